The monoisotopic (exact) mass is 312 g/mol. The third-order valence-corrected chi connectivity index (χ3v) is 5.05. The molecule has 1 heterocycles. The molecule has 1 saturated carbocycles. The van der Waals surface area contributed by atoms with Gasteiger partial charge in [0.15, 0.2) is 0 Å². The highest BCUT2D eigenvalue weighted by atomic mass is 32.2. The molecular weight excluding hydrogens is 288 g/mol. The second-order valence-electron chi connectivity index (χ2n) is 5.41. The van der Waals surface area contributed by atoms with Crippen LogP contribution in [0, 0.1) is 0 Å². The van der Waals surface area contributed by atoms with E-state index in [1.54, 1.807) is 12.3 Å². The molecule has 7 heteroatoms. The van der Waals surface area contributed by atoms with Gasteiger partial charge in [0.2, 0.25) is 10.0 Å². The topological polar surface area (TPSA) is 74.3 Å². The van der Waals surface area contributed by atoms with Crippen LogP contribution in [0.15, 0.2) is 23.4 Å². The summed E-state index contributed by atoms with van der Waals surface area (Å²) in [6.45, 7) is 3.91. The third kappa shape index (κ3) is 4.66. The molecule has 0 bridgehead atoms. The van der Waals surface area contributed by atoms with Gasteiger partial charge in [-0.15, -0.1) is 0 Å². The Kier molecular flexibility index (Phi) is 5.55. The number of anilines is 1. The Morgan fingerprint density at radius 3 is 2.81 bits per heavy atom. The summed E-state index contributed by atoms with van der Waals surface area (Å²) in [5.74, 6) is 0. The van der Waals surface area contributed by atoms with Crippen LogP contribution in [0.5, 0.6) is 0 Å². The minimum absolute atomic E-state index is 0.215. The van der Waals surface area contributed by atoms with E-state index in [2.05, 4.69) is 19.9 Å². The zero-order valence-electron chi connectivity index (χ0n) is 12.7. The molecule has 2 N–H and O–H groups in total. The van der Waals surface area contributed by atoms with Gasteiger partial charge in [-0.3, -0.25) is 4.98 Å². The van der Waals surface area contributed by atoms with Crippen LogP contribution in [0.1, 0.15) is 26.2 Å². The van der Waals surface area contributed by atoms with E-state index in [0.29, 0.717) is 18.3 Å². The molecule has 0 unspecified atom stereocenters. The number of hydrogen-bond acceptors (Lipinski definition) is 5. The van der Waals surface area contributed by atoms with Crippen molar-refractivity contribution in [1.29, 1.82) is 0 Å². The Morgan fingerprint density at radius 1 is 1.38 bits per heavy atom. The van der Waals surface area contributed by atoms with Crippen molar-refractivity contribution in [2.75, 3.05) is 32.0 Å². The highest BCUT2D eigenvalue weighted by Crippen LogP contribution is 2.24. The van der Waals surface area contributed by atoms with Crippen molar-refractivity contribution in [3.63, 3.8) is 0 Å². The Hall–Kier alpha value is -1.18. The molecule has 0 aromatic carbocycles. The van der Waals surface area contributed by atoms with Gasteiger partial charge in [-0.05, 0) is 32.4 Å². The van der Waals surface area contributed by atoms with E-state index in [9.17, 15) is 8.42 Å². The molecule has 21 heavy (non-hydrogen) atoms. The van der Waals surface area contributed by atoms with Gasteiger partial charge in [0, 0.05) is 38.1 Å². The summed E-state index contributed by atoms with van der Waals surface area (Å²) in [4.78, 5) is 6.34. The van der Waals surface area contributed by atoms with E-state index in [0.717, 1.165) is 19.5 Å². The third-order valence-electron chi connectivity index (χ3n) is 3.57. The molecule has 1 aliphatic rings. The van der Waals surface area contributed by atoms with Crippen LogP contribution in [-0.4, -0.2) is 51.0 Å². The first kappa shape index (κ1) is 16.2. The van der Waals surface area contributed by atoms with E-state index < -0.39 is 10.0 Å². The van der Waals surface area contributed by atoms with E-state index in [1.165, 1.54) is 19.0 Å². The molecule has 0 spiro atoms. The van der Waals surface area contributed by atoms with Crippen molar-refractivity contribution < 1.29 is 8.42 Å². The summed E-state index contributed by atoms with van der Waals surface area (Å²) >= 11 is 0. The molecule has 0 saturated heterocycles. The van der Waals surface area contributed by atoms with Crippen molar-refractivity contribution in [3.8, 4) is 0 Å². The lowest BCUT2D eigenvalue weighted by Crippen LogP contribution is -2.34. The maximum absolute atomic E-state index is 12.4. The van der Waals surface area contributed by atoms with Crippen LogP contribution >= 0.6 is 0 Å². The summed E-state index contributed by atoms with van der Waals surface area (Å²) in [5, 5.41) is 3.13. The Bertz CT molecular complexity index is 558. The molecule has 118 valence electrons. The first-order valence-electron chi connectivity index (χ1n) is 7.42. The number of aromatic nitrogens is 1. The van der Waals surface area contributed by atoms with E-state index in [4.69, 9.17) is 0 Å². The van der Waals surface area contributed by atoms with E-state index in [1.807, 2.05) is 14.0 Å². The normalized spacial score (nSPS) is 15.4. The maximum Gasteiger partial charge on any atom is 0.244 e. The first-order chi connectivity index (χ1) is 10.0. The second kappa shape index (κ2) is 7.20. The van der Waals surface area contributed by atoms with Crippen LogP contribution in [0.3, 0.4) is 0 Å². The Morgan fingerprint density at radius 2 is 2.14 bits per heavy atom. The molecule has 1 aromatic rings. The van der Waals surface area contributed by atoms with Gasteiger partial charge in [-0.1, -0.05) is 6.92 Å². The molecule has 1 fully saturated rings. The van der Waals surface area contributed by atoms with Crippen LogP contribution in [0.25, 0.3) is 0 Å². The summed E-state index contributed by atoms with van der Waals surface area (Å²) in [6.07, 6.45) is 6.36. The van der Waals surface area contributed by atoms with Gasteiger partial charge in [0.1, 0.15) is 4.90 Å². The lowest BCUT2D eigenvalue weighted by molar-refractivity contribution is 0.329. The van der Waals surface area contributed by atoms with Crippen molar-refractivity contribution >= 4 is 15.7 Å². The predicted octanol–water partition coefficient (Wildman–Crippen LogP) is 1.28. The quantitative estimate of drug-likeness (QED) is 0.718. The van der Waals surface area contributed by atoms with Crippen molar-refractivity contribution in [2.45, 2.75) is 37.1 Å². The second-order valence-corrected chi connectivity index (χ2v) is 7.14. The molecule has 6 nitrogen and oxygen atoms in total. The number of hydrogen-bond donors (Lipinski definition) is 2. The maximum atomic E-state index is 12.4. The molecule has 0 amide bonds. The molecule has 1 aromatic heterocycles. The molecule has 0 radical (unpaired) electrons. The predicted molar refractivity (Wildman–Crippen MR) is 83.9 cm³/mol. The smallest absolute Gasteiger partial charge is 0.244 e. The average molecular weight is 312 g/mol. The van der Waals surface area contributed by atoms with Crippen LogP contribution in [0.2, 0.25) is 0 Å². The Labute approximate surface area is 127 Å². The molecule has 0 aliphatic heterocycles. The summed E-state index contributed by atoms with van der Waals surface area (Å²) in [6, 6.07) is 2.33. The molecule has 2 rings (SSSR count). The fraction of sp³-hybridized carbons (Fsp3) is 0.643. The number of pyridine rings is 1. The van der Waals surface area contributed by atoms with Gasteiger partial charge in [0.05, 0.1) is 5.69 Å². The van der Waals surface area contributed by atoms with Gasteiger partial charge in [0.25, 0.3) is 0 Å². The SMILES string of the molecule is CCCNc1ccncc1S(=O)(=O)NCCN(C)C1CC1. The minimum Gasteiger partial charge on any atom is -0.384 e. The summed E-state index contributed by atoms with van der Waals surface area (Å²) in [7, 11) is -1.49. The van der Waals surface area contributed by atoms with Crippen molar-refractivity contribution in [3.05, 3.63) is 18.5 Å². The minimum atomic E-state index is -3.52. The number of nitrogens with one attached hydrogen (secondary N) is 2. The van der Waals surface area contributed by atoms with E-state index in [-0.39, 0.29) is 4.90 Å². The summed E-state index contributed by atoms with van der Waals surface area (Å²) < 4.78 is 27.4. The standard InChI is InChI=1S/C14H24N4O2S/c1-3-7-16-13-6-8-15-11-14(13)21(19,20)17-9-10-18(2)12-4-5-12/h6,8,11-12,17H,3-5,7,9-10H2,1-2H3,(H,15,16). The zero-order valence-corrected chi connectivity index (χ0v) is 13.5. The largest absolute Gasteiger partial charge is 0.384 e. The number of likely N-dealkylation sites (N-methyl/N-ethyl adjacent to an activating group) is 1. The Balaban J connectivity index is 1.97. The van der Waals surface area contributed by atoms with Crippen LogP contribution < -0.4 is 10.0 Å². The van der Waals surface area contributed by atoms with Gasteiger partial charge in [-0.2, -0.15) is 0 Å². The average Bonchev–Trinajstić information content (AvgIpc) is 3.29. The lowest BCUT2D eigenvalue weighted by Gasteiger charge is -2.16. The lowest BCUT2D eigenvalue weighted by atomic mass is 10.4. The van der Waals surface area contributed by atoms with Crippen molar-refractivity contribution in [1.82, 2.24) is 14.6 Å². The van der Waals surface area contributed by atoms with Crippen LogP contribution in [-0.2, 0) is 10.0 Å². The fourth-order valence-corrected chi connectivity index (χ4v) is 3.28. The molecular formula is C14H24N4O2S. The number of nitrogens with zero attached hydrogens (tertiary/aromatic N) is 2. The highest BCUT2D eigenvalue weighted by Gasteiger charge is 2.26. The van der Waals surface area contributed by atoms with Crippen LogP contribution in [0.4, 0.5) is 5.69 Å². The highest BCUT2D eigenvalue weighted by molar-refractivity contribution is 7.89. The fourth-order valence-electron chi connectivity index (χ4n) is 2.13. The number of rotatable bonds is 9. The van der Waals surface area contributed by atoms with Gasteiger partial charge >= 0.3 is 0 Å². The van der Waals surface area contributed by atoms with Crippen molar-refractivity contribution in [2.24, 2.45) is 0 Å². The zero-order chi connectivity index (χ0) is 15.3. The number of sulfonamides is 1. The van der Waals surface area contributed by atoms with E-state index >= 15 is 0 Å². The molecule has 1 aliphatic carbocycles. The molecule has 0 atom stereocenters. The van der Waals surface area contributed by atoms with Gasteiger partial charge < -0.3 is 10.2 Å². The first-order valence-corrected chi connectivity index (χ1v) is 8.90. The summed E-state index contributed by atoms with van der Waals surface area (Å²) in [5.41, 5.74) is 0.606. The van der Waals surface area contributed by atoms with Gasteiger partial charge in [-0.25, -0.2) is 13.1 Å².